The molecular formula is C29H39N3O4S. The minimum absolute atomic E-state index is 0.0199. The van der Waals surface area contributed by atoms with Crippen LogP contribution in [0.4, 0.5) is 0 Å². The number of thioether (sulfide) groups is 1. The number of aliphatic hydroxyl groups excluding tert-OH is 1. The lowest BCUT2D eigenvalue weighted by Gasteiger charge is -2.29. The zero-order valence-electron chi connectivity index (χ0n) is 22.3. The van der Waals surface area contributed by atoms with Crippen molar-refractivity contribution in [3.8, 4) is 5.75 Å². The van der Waals surface area contributed by atoms with E-state index in [2.05, 4.69) is 28.8 Å². The van der Waals surface area contributed by atoms with E-state index in [-0.39, 0.29) is 42.0 Å². The molecule has 0 aliphatic heterocycles. The van der Waals surface area contributed by atoms with E-state index in [1.807, 2.05) is 57.2 Å². The van der Waals surface area contributed by atoms with Crippen molar-refractivity contribution >= 4 is 23.5 Å². The number of hydrogen-bond donors (Lipinski definition) is 3. The third-order valence-corrected chi connectivity index (χ3v) is 6.90. The third kappa shape index (κ3) is 9.96. The number of aryl methyl sites for hydroxylation is 1. The molecular weight excluding hydrogens is 486 g/mol. The third-order valence-electron chi connectivity index (χ3n) is 5.91. The molecule has 2 rings (SSSR count). The number of methoxy groups -OCH3 is 1. The molecule has 0 saturated carbocycles. The lowest BCUT2D eigenvalue weighted by atomic mass is 9.98. The maximum Gasteiger partial charge on any atom is 0.224 e. The van der Waals surface area contributed by atoms with E-state index in [4.69, 9.17) is 4.74 Å². The molecule has 0 saturated heterocycles. The van der Waals surface area contributed by atoms with Gasteiger partial charge in [-0.15, -0.1) is 11.8 Å². The summed E-state index contributed by atoms with van der Waals surface area (Å²) in [5.41, 5.74) is 3.41. The van der Waals surface area contributed by atoms with E-state index in [9.17, 15) is 14.7 Å². The average Bonchev–Trinajstić information content (AvgIpc) is 2.86. The SMILES string of the molecule is C=C(O)C[C@H](NC(=C)[C@@H](NC(=O)Cc1cc(OC)ccc1CC)C(C)C)C(=O)CSCc1ccccn1. The van der Waals surface area contributed by atoms with Gasteiger partial charge in [-0.2, -0.15) is 0 Å². The Morgan fingerprint density at radius 1 is 1.14 bits per heavy atom. The topological polar surface area (TPSA) is 101 Å². The van der Waals surface area contributed by atoms with Gasteiger partial charge in [0.1, 0.15) is 5.75 Å². The van der Waals surface area contributed by atoms with Crippen LogP contribution in [-0.4, -0.2) is 46.7 Å². The number of carbonyl (C=O) groups excluding carboxylic acids is 2. The summed E-state index contributed by atoms with van der Waals surface area (Å²) in [6, 6.07) is 10.3. The van der Waals surface area contributed by atoms with Gasteiger partial charge in [-0.25, -0.2) is 0 Å². The van der Waals surface area contributed by atoms with E-state index in [0.717, 1.165) is 23.2 Å². The molecule has 0 radical (unpaired) electrons. The Morgan fingerprint density at radius 2 is 1.89 bits per heavy atom. The number of ketones is 1. The first-order valence-corrected chi connectivity index (χ1v) is 13.6. The van der Waals surface area contributed by atoms with Crippen molar-refractivity contribution in [3.05, 3.63) is 84.0 Å². The standard InChI is InChI=1S/C29H39N3O4S/c1-7-22-11-12-25(36-6)15-23(22)16-28(35)32-29(19(2)3)21(5)31-26(14-20(4)33)27(34)18-37-17-24-10-8-9-13-30-24/h8-13,15,19,26,29,31,33H,4-5,7,14,16-18H2,1-3,6H3,(H,32,35)/t26-,29-/m0/s1. The van der Waals surface area contributed by atoms with Gasteiger partial charge in [0.2, 0.25) is 5.91 Å². The van der Waals surface area contributed by atoms with E-state index in [0.29, 0.717) is 17.2 Å². The Hall–Kier alpha value is -3.26. The molecule has 0 unspecified atom stereocenters. The molecule has 2 aromatic rings. The van der Waals surface area contributed by atoms with Crippen LogP contribution in [0.2, 0.25) is 0 Å². The van der Waals surface area contributed by atoms with Gasteiger partial charge in [0.25, 0.3) is 0 Å². The van der Waals surface area contributed by atoms with Crippen molar-refractivity contribution in [3.63, 3.8) is 0 Å². The fourth-order valence-electron chi connectivity index (χ4n) is 3.93. The lowest BCUT2D eigenvalue weighted by molar-refractivity contribution is -0.121. The number of benzene rings is 1. The molecule has 1 aromatic carbocycles. The molecule has 0 aliphatic carbocycles. The second-order valence-corrected chi connectivity index (χ2v) is 10.2. The summed E-state index contributed by atoms with van der Waals surface area (Å²) in [5, 5.41) is 16.0. The number of pyridine rings is 1. The first kappa shape index (κ1) is 30.0. The molecule has 0 fully saturated rings. The monoisotopic (exact) mass is 525 g/mol. The molecule has 0 bridgehead atoms. The Morgan fingerprint density at radius 3 is 2.49 bits per heavy atom. The molecule has 1 aromatic heterocycles. The summed E-state index contributed by atoms with van der Waals surface area (Å²) in [4.78, 5) is 30.3. The summed E-state index contributed by atoms with van der Waals surface area (Å²) in [7, 11) is 1.60. The maximum atomic E-state index is 13.0. The fourth-order valence-corrected chi connectivity index (χ4v) is 4.81. The van der Waals surface area contributed by atoms with E-state index in [1.165, 1.54) is 11.8 Å². The number of nitrogens with zero attached hydrogens (tertiary/aromatic N) is 1. The molecule has 0 spiro atoms. The average molecular weight is 526 g/mol. The molecule has 1 amide bonds. The van der Waals surface area contributed by atoms with Gasteiger partial charge in [0.15, 0.2) is 5.78 Å². The van der Waals surface area contributed by atoms with Gasteiger partial charge < -0.3 is 20.5 Å². The molecule has 0 aliphatic rings. The second-order valence-electron chi connectivity index (χ2n) is 9.23. The van der Waals surface area contributed by atoms with Gasteiger partial charge in [0.05, 0.1) is 42.8 Å². The van der Waals surface area contributed by atoms with Crippen molar-refractivity contribution in [1.29, 1.82) is 0 Å². The van der Waals surface area contributed by atoms with Crippen LogP contribution in [0.25, 0.3) is 0 Å². The van der Waals surface area contributed by atoms with E-state index >= 15 is 0 Å². The predicted octanol–water partition coefficient (Wildman–Crippen LogP) is 4.77. The fraction of sp³-hybridized carbons (Fsp3) is 0.414. The zero-order chi connectivity index (χ0) is 27.4. The highest BCUT2D eigenvalue weighted by Gasteiger charge is 2.25. The maximum absolute atomic E-state index is 13.0. The van der Waals surface area contributed by atoms with Crippen molar-refractivity contribution in [2.75, 3.05) is 12.9 Å². The summed E-state index contributed by atoms with van der Waals surface area (Å²) >= 11 is 1.46. The molecule has 8 heteroatoms. The van der Waals surface area contributed by atoms with Gasteiger partial charge in [-0.1, -0.05) is 46.1 Å². The summed E-state index contributed by atoms with van der Waals surface area (Å²) in [6.07, 6.45) is 2.79. The quantitative estimate of drug-likeness (QED) is 0.271. The second kappa shape index (κ2) is 15.1. The summed E-state index contributed by atoms with van der Waals surface area (Å²) in [6.45, 7) is 13.7. The van der Waals surface area contributed by atoms with E-state index in [1.54, 1.807) is 13.3 Å². The van der Waals surface area contributed by atoms with Crippen molar-refractivity contribution in [1.82, 2.24) is 15.6 Å². The molecule has 1 heterocycles. The number of carbonyl (C=O) groups is 2. The van der Waals surface area contributed by atoms with Crippen LogP contribution in [0.3, 0.4) is 0 Å². The Labute approximate surface area is 224 Å². The highest BCUT2D eigenvalue weighted by molar-refractivity contribution is 7.99. The van der Waals surface area contributed by atoms with Crippen LogP contribution in [-0.2, 0) is 28.2 Å². The molecule has 200 valence electrons. The van der Waals surface area contributed by atoms with Crippen LogP contribution in [0.1, 0.15) is 44.0 Å². The highest BCUT2D eigenvalue weighted by Crippen LogP contribution is 2.20. The zero-order valence-corrected chi connectivity index (χ0v) is 23.1. The number of Topliss-reactive ketones (excluding diaryl/α,β-unsaturated/α-hetero) is 1. The van der Waals surface area contributed by atoms with Gasteiger partial charge in [0, 0.05) is 24.1 Å². The Bertz CT molecular complexity index is 1070. The van der Waals surface area contributed by atoms with Crippen LogP contribution >= 0.6 is 11.8 Å². The van der Waals surface area contributed by atoms with Crippen LogP contribution in [0, 0.1) is 5.92 Å². The van der Waals surface area contributed by atoms with Gasteiger partial charge >= 0.3 is 0 Å². The minimum atomic E-state index is -0.704. The van der Waals surface area contributed by atoms with Crippen LogP contribution < -0.4 is 15.4 Å². The predicted molar refractivity (Wildman–Crippen MR) is 151 cm³/mol. The van der Waals surface area contributed by atoms with Gasteiger partial charge in [-0.05, 0) is 47.7 Å². The summed E-state index contributed by atoms with van der Waals surface area (Å²) in [5.74, 6) is 1.24. The highest BCUT2D eigenvalue weighted by atomic mass is 32.2. The van der Waals surface area contributed by atoms with Crippen LogP contribution in [0.15, 0.2) is 67.2 Å². The summed E-state index contributed by atoms with van der Waals surface area (Å²) < 4.78 is 5.32. The number of aliphatic hydroxyl groups is 1. The van der Waals surface area contributed by atoms with Gasteiger partial charge in [-0.3, -0.25) is 14.6 Å². The lowest BCUT2D eigenvalue weighted by Crippen LogP contribution is -2.48. The largest absolute Gasteiger partial charge is 0.513 e. The van der Waals surface area contributed by atoms with Crippen molar-refractivity contribution in [2.45, 2.75) is 57.9 Å². The number of ether oxygens (including phenoxy) is 1. The van der Waals surface area contributed by atoms with Crippen LogP contribution in [0.5, 0.6) is 5.75 Å². The normalized spacial score (nSPS) is 12.5. The smallest absolute Gasteiger partial charge is 0.224 e. The number of amides is 1. The first-order chi connectivity index (χ1) is 17.6. The Balaban J connectivity index is 2.04. The molecule has 2 atom stereocenters. The number of hydrogen-bond acceptors (Lipinski definition) is 7. The van der Waals surface area contributed by atoms with Crippen molar-refractivity contribution < 1.29 is 19.4 Å². The number of rotatable bonds is 16. The van der Waals surface area contributed by atoms with Crippen molar-refractivity contribution in [2.24, 2.45) is 5.92 Å². The van der Waals surface area contributed by atoms with E-state index < -0.39 is 12.1 Å². The molecule has 7 nitrogen and oxygen atoms in total. The number of nitrogens with one attached hydrogen (secondary N) is 2. The minimum Gasteiger partial charge on any atom is -0.513 e. The molecule has 37 heavy (non-hydrogen) atoms. The first-order valence-electron chi connectivity index (χ1n) is 12.4. The molecule has 3 N–H and O–H groups in total. The Kier molecular flexibility index (Phi) is 12.2. The number of aromatic nitrogens is 1.